The Bertz CT molecular complexity index is 395. The molecule has 90 valence electrons. The Labute approximate surface area is 102 Å². The minimum Gasteiger partial charge on any atom is -0.320 e. The number of aromatic nitrogens is 1. The molecule has 1 aliphatic rings. The lowest BCUT2D eigenvalue weighted by Gasteiger charge is -2.05. The Balaban J connectivity index is 0.000000171. The highest BCUT2D eigenvalue weighted by Gasteiger charge is 2.15. The van der Waals surface area contributed by atoms with Crippen molar-refractivity contribution >= 4 is 12.0 Å². The van der Waals surface area contributed by atoms with Gasteiger partial charge in [0.15, 0.2) is 0 Å². The molecule has 2 rings (SSSR count). The van der Waals surface area contributed by atoms with E-state index in [0.717, 1.165) is 24.2 Å². The lowest BCUT2D eigenvalue weighted by atomic mass is 10.2. The molecular weight excluding hydrogens is 212 g/mol. The van der Waals surface area contributed by atoms with E-state index in [1.165, 1.54) is 0 Å². The van der Waals surface area contributed by atoms with Crippen LogP contribution in [0.15, 0.2) is 37.7 Å². The highest BCUT2D eigenvalue weighted by molar-refractivity contribution is 5.78. The fourth-order valence-electron chi connectivity index (χ4n) is 1.46. The second kappa shape index (κ2) is 6.63. The van der Waals surface area contributed by atoms with E-state index in [2.05, 4.69) is 18.1 Å². The van der Waals surface area contributed by atoms with Gasteiger partial charge in [-0.05, 0) is 31.2 Å². The zero-order valence-corrected chi connectivity index (χ0v) is 10.2. The summed E-state index contributed by atoms with van der Waals surface area (Å²) in [5.74, 6) is 0.208. The van der Waals surface area contributed by atoms with E-state index in [1.807, 2.05) is 25.3 Å². The maximum Gasteiger partial charge on any atom is 0.226 e. The Morgan fingerprint density at radius 2 is 2.18 bits per heavy atom. The first kappa shape index (κ1) is 13.2. The van der Waals surface area contributed by atoms with Crippen molar-refractivity contribution in [3.05, 3.63) is 48.9 Å². The summed E-state index contributed by atoms with van der Waals surface area (Å²) in [4.78, 5) is 16.4. The molecule has 0 radical (unpaired) electrons. The van der Waals surface area contributed by atoms with E-state index in [0.29, 0.717) is 6.42 Å². The third-order valence-corrected chi connectivity index (χ3v) is 2.50. The van der Waals surface area contributed by atoms with Crippen LogP contribution in [0.2, 0.25) is 0 Å². The Kier molecular flexibility index (Phi) is 5.14. The monoisotopic (exact) mass is 230 g/mol. The van der Waals surface area contributed by atoms with Crippen molar-refractivity contribution in [3.8, 4) is 0 Å². The number of rotatable bonds is 2. The van der Waals surface area contributed by atoms with Crippen LogP contribution in [0.4, 0.5) is 0 Å². The van der Waals surface area contributed by atoms with Gasteiger partial charge in [0.05, 0.1) is 0 Å². The van der Waals surface area contributed by atoms with Gasteiger partial charge in [-0.15, -0.1) is 0 Å². The summed E-state index contributed by atoms with van der Waals surface area (Å²) < 4.78 is 0. The summed E-state index contributed by atoms with van der Waals surface area (Å²) >= 11 is 0. The van der Waals surface area contributed by atoms with Crippen LogP contribution in [0.5, 0.6) is 0 Å². The molecule has 1 aromatic heterocycles. The molecule has 0 aromatic carbocycles. The summed E-state index contributed by atoms with van der Waals surface area (Å²) in [5, 5.41) is 0. The van der Waals surface area contributed by atoms with Crippen molar-refractivity contribution in [3.63, 3.8) is 0 Å². The molecule has 1 saturated heterocycles. The average Bonchev–Trinajstić information content (AvgIpc) is 2.76. The Morgan fingerprint density at radius 1 is 1.41 bits per heavy atom. The number of hydrogen-bond donors (Lipinski definition) is 0. The predicted molar refractivity (Wildman–Crippen MR) is 70.2 cm³/mol. The van der Waals surface area contributed by atoms with Gasteiger partial charge in [0.1, 0.15) is 0 Å². The summed E-state index contributed by atoms with van der Waals surface area (Å²) in [6.07, 6.45) is 6.88. The van der Waals surface area contributed by atoms with Crippen LogP contribution in [0, 0.1) is 6.92 Å². The molecular formula is C14H18N2O. The molecule has 1 fully saturated rings. The van der Waals surface area contributed by atoms with Crippen LogP contribution in [-0.2, 0) is 4.79 Å². The highest BCUT2D eigenvalue weighted by atomic mass is 16.2. The number of aryl methyl sites for hydroxylation is 1. The van der Waals surface area contributed by atoms with Crippen LogP contribution in [0.3, 0.4) is 0 Å². The fourth-order valence-corrected chi connectivity index (χ4v) is 1.46. The van der Waals surface area contributed by atoms with E-state index in [4.69, 9.17) is 0 Å². The minimum absolute atomic E-state index is 0.208. The summed E-state index contributed by atoms with van der Waals surface area (Å²) in [5.41, 5.74) is 2.11. The molecule has 3 heteroatoms. The summed E-state index contributed by atoms with van der Waals surface area (Å²) in [7, 11) is 0. The van der Waals surface area contributed by atoms with Gasteiger partial charge in [0, 0.05) is 24.9 Å². The molecule has 2 heterocycles. The number of carbonyl (C=O) groups excluding carboxylic acids is 1. The van der Waals surface area contributed by atoms with Crippen LogP contribution >= 0.6 is 0 Å². The number of hydrogen-bond acceptors (Lipinski definition) is 2. The first-order chi connectivity index (χ1) is 8.17. The van der Waals surface area contributed by atoms with Crippen molar-refractivity contribution in [2.45, 2.75) is 19.8 Å². The minimum atomic E-state index is 0.208. The summed E-state index contributed by atoms with van der Waals surface area (Å²) in [6, 6.07) is 3.96. The van der Waals surface area contributed by atoms with Gasteiger partial charge in [-0.1, -0.05) is 25.3 Å². The molecule has 0 aliphatic carbocycles. The number of amides is 1. The number of pyridine rings is 1. The van der Waals surface area contributed by atoms with Crippen molar-refractivity contribution < 1.29 is 4.79 Å². The molecule has 0 spiro atoms. The lowest BCUT2D eigenvalue weighted by Crippen LogP contribution is -2.16. The standard InChI is InChI=1S/C8H9N.C6H9NO/c1-3-8-5-4-7(2)9-6-8;1-2-7-5-3-4-6(7)8/h3-6H,1H2,2H3;2H,1,3-5H2. The van der Waals surface area contributed by atoms with Gasteiger partial charge in [-0.25, -0.2) is 0 Å². The van der Waals surface area contributed by atoms with Gasteiger partial charge in [0.2, 0.25) is 5.91 Å². The van der Waals surface area contributed by atoms with E-state index in [1.54, 1.807) is 17.2 Å². The number of carbonyl (C=O) groups is 1. The van der Waals surface area contributed by atoms with Gasteiger partial charge in [-0.2, -0.15) is 0 Å². The van der Waals surface area contributed by atoms with Crippen LogP contribution in [-0.4, -0.2) is 22.3 Å². The maximum atomic E-state index is 10.7. The molecule has 0 N–H and O–H groups in total. The van der Waals surface area contributed by atoms with E-state index in [-0.39, 0.29) is 5.91 Å². The molecule has 0 bridgehead atoms. The average molecular weight is 230 g/mol. The second-order valence-electron chi connectivity index (χ2n) is 3.81. The van der Waals surface area contributed by atoms with Crippen molar-refractivity contribution in [2.75, 3.05) is 6.54 Å². The highest BCUT2D eigenvalue weighted by Crippen LogP contribution is 2.08. The van der Waals surface area contributed by atoms with Crippen molar-refractivity contribution in [1.82, 2.24) is 9.88 Å². The first-order valence-electron chi connectivity index (χ1n) is 5.64. The lowest BCUT2D eigenvalue weighted by molar-refractivity contribution is -0.125. The molecule has 3 nitrogen and oxygen atoms in total. The largest absolute Gasteiger partial charge is 0.320 e. The third kappa shape index (κ3) is 4.23. The molecule has 1 aromatic rings. The number of nitrogens with zero attached hydrogens (tertiary/aromatic N) is 2. The summed E-state index contributed by atoms with van der Waals surface area (Å²) in [6.45, 7) is 9.95. The zero-order valence-electron chi connectivity index (χ0n) is 10.2. The van der Waals surface area contributed by atoms with Gasteiger partial charge >= 0.3 is 0 Å². The maximum absolute atomic E-state index is 10.7. The molecule has 0 saturated carbocycles. The second-order valence-corrected chi connectivity index (χ2v) is 3.81. The van der Waals surface area contributed by atoms with Gasteiger partial charge < -0.3 is 4.90 Å². The molecule has 1 aliphatic heterocycles. The van der Waals surface area contributed by atoms with Crippen LogP contribution < -0.4 is 0 Å². The normalized spacial score (nSPS) is 13.9. The molecule has 0 unspecified atom stereocenters. The molecule has 0 atom stereocenters. The topological polar surface area (TPSA) is 33.2 Å². The van der Waals surface area contributed by atoms with Gasteiger partial charge in [-0.3, -0.25) is 9.78 Å². The SMILES string of the molecule is C=CN1CCCC1=O.C=Cc1ccc(C)nc1. The predicted octanol–water partition coefficient (Wildman–Crippen LogP) is 2.79. The zero-order chi connectivity index (χ0) is 12.7. The molecule has 17 heavy (non-hydrogen) atoms. The van der Waals surface area contributed by atoms with E-state index in [9.17, 15) is 4.79 Å². The third-order valence-electron chi connectivity index (χ3n) is 2.50. The molecule has 1 amide bonds. The Hall–Kier alpha value is -1.90. The quantitative estimate of drug-likeness (QED) is 0.782. The first-order valence-corrected chi connectivity index (χ1v) is 5.64. The Morgan fingerprint density at radius 3 is 2.53 bits per heavy atom. The van der Waals surface area contributed by atoms with E-state index >= 15 is 0 Å². The van der Waals surface area contributed by atoms with Crippen LogP contribution in [0.1, 0.15) is 24.1 Å². The van der Waals surface area contributed by atoms with Crippen molar-refractivity contribution in [2.24, 2.45) is 0 Å². The smallest absolute Gasteiger partial charge is 0.226 e. The van der Waals surface area contributed by atoms with Crippen molar-refractivity contribution in [1.29, 1.82) is 0 Å². The van der Waals surface area contributed by atoms with Crippen LogP contribution in [0.25, 0.3) is 6.08 Å². The van der Waals surface area contributed by atoms with Gasteiger partial charge in [0.25, 0.3) is 0 Å². The fraction of sp³-hybridized carbons (Fsp3) is 0.286. The van der Waals surface area contributed by atoms with E-state index < -0.39 is 0 Å². The number of likely N-dealkylation sites (tertiary alicyclic amines) is 1.